The first kappa shape index (κ1) is 13.1. The van der Waals surface area contributed by atoms with Crippen molar-refractivity contribution in [1.82, 2.24) is 10.2 Å². The zero-order valence-electron chi connectivity index (χ0n) is 11.0. The number of benzene rings is 1. The Morgan fingerprint density at radius 3 is 2.80 bits per heavy atom. The molecule has 2 aliphatic heterocycles. The van der Waals surface area contributed by atoms with E-state index in [1.807, 2.05) is 5.32 Å². The largest absolute Gasteiger partial charge is 0.343 e. The molecule has 2 fully saturated rings. The Morgan fingerprint density at radius 2 is 2.05 bits per heavy atom. The number of carbonyl (C=O) groups excluding carboxylic acids is 2. The molecule has 5 nitrogen and oxygen atoms in total. The van der Waals surface area contributed by atoms with Crippen LogP contribution in [0, 0.1) is 5.82 Å². The molecule has 2 heterocycles. The molecule has 2 amide bonds. The zero-order valence-corrected chi connectivity index (χ0v) is 11.0. The summed E-state index contributed by atoms with van der Waals surface area (Å²) < 4.78 is 12.9. The smallest absolute Gasteiger partial charge is 0.249 e. The van der Waals surface area contributed by atoms with E-state index in [-0.39, 0.29) is 23.7 Å². The standard InChI is InChI=1S/C14H16FN3O2/c15-10-3-1-9(2-4-10)7-11-14(20)18-6-5-16-8-12(18)13(19)17-11/h1-4,11-12,16H,5-8H2,(H,17,19)/p+1/t11-,12+/m0/s1. The predicted octanol–water partition coefficient (Wildman–Crippen LogP) is -1.36. The molecule has 0 aliphatic carbocycles. The molecular weight excluding hydrogens is 261 g/mol. The lowest BCUT2D eigenvalue weighted by atomic mass is 9.99. The van der Waals surface area contributed by atoms with Crippen LogP contribution in [0.3, 0.4) is 0 Å². The molecule has 3 rings (SSSR count). The highest BCUT2D eigenvalue weighted by Crippen LogP contribution is 2.14. The SMILES string of the molecule is O=C1N[C@@H](Cc2ccc(F)cc2)C(=O)N2CC[NH2+]C[C@H]12. The van der Waals surface area contributed by atoms with Gasteiger partial charge in [-0.2, -0.15) is 0 Å². The fraction of sp³-hybridized carbons (Fsp3) is 0.429. The fourth-order valence-electron chi connectivity index (χ4n) is 2.83. The number of nitrogens with two attached hydrogens (primary N) is 1. The minimum Gasteiger partial charge on any atom is -0.343 e. The molecule has 0 saturated carbocycles. The van der Waals surface area contributed by atoms with Gasteiger partial charge >= 0.3 is 0 Å². The molecule has 3 N–H and O–H groups in total. The van der Waals surface area contributed by atoms with Gasteiger partial charge in [0.05, 0.1) is 13.1 Å². The highest BCUT2D eigenvalue weighted by Gasteiger charge is 2.42. The molecule has 6 heteroatoms. The maximum atomic E-state index is 12.9. The van der Waals surface area contributed by atoms with Crippen LogP contribution in [-0.4, -0.2) is 48.4 Å². The van der Waals surface area contributed by atoms with Crippen LogP contribution in [0.5, 0.6) is 0 Å². The lowest BCUT2D eigenvalue weighted by molar-refractivity contribution is -0.665. The van der Waals surface area contributed by atoms with Gasteiger partial charge in [-0.25, -0.2) is 4.39 Å². The van der Waals surface area contributed by atoms with Crippen molar-refractivity contribution in [3.8, 4) is 0 Å². The molecule has 0 unspecified atom stereocenters. The molecule has 1 aromatic rings. The molecule has 0 aromatic heterocycles. The number of nitrogens with zero attached hydrogens (tertiary/aromatic N) is 1. The number of rotatable bonds is 2. The number of halogens is 1. The number of piperazine rings is 2. The van der Waals surface area contributed by atoms with E-state index in [2.05, 4.69) is 5.32 Å². The first-order valence-electron chi connectivity index (χ1n) is 6.82. The van der Waals surface area contributed by atoms with Crippen molar-refractivity contribution in [2.45, 2.75) is 18.5 Å². The number of carbonyl (C=O) groups is 2. The number of quaternary nitrogens is 1. The van der Waals surface area contributed by atoms with Crippen LogP contribution < -0.4 is 10.6 Å². The van der Waals surface area contributed by atoms with Gasteiger partial charge in [-0.3, -0.25) is 9.59 Å². The van der Waals surface area contributed by atoms with Crippen LogP contribution in [0.2, 0.25) is 0 Å². The Morgan fingerprint density at radius 1 is 1.30 bits per heavy atom. The average Bonchev–Trinajstić information content (AvgIpc) is 2.47. The Hall–Kier alpha value is -1.95. The summed E-state index contributed by atoms with van der Waals surface area (Å²) in [6.45, 7) is 2.07. The van der Waals surface area contributed by atoms with Crippen molar-refractivity contribution in [3.63, 3.8) is 0 Å². The summed E-state index contributed by atoms with van der Waals surface area (Å²) in [4.78, 5) is 26.1. The Bertz CT molecular complexity index is 532. The third-order valence-electron chi connectivity index (χ3n) is 3.89. The topological polar surface area (TPSA) is 66.0 Å². The molecule has 106 valence electrons. The van der Waals surface area contributed by atoms with Crippen LogP contribution >= 0.6 is 0 Å². The Balaban J connectivity index is 1.75. The lowest BCUT2D eigenvalue weighted by Crippen LogP contribution is -2.94. The third-order valence-corrected chi connectivity index (χ3v) is 3.89. The number of amides is 2. The quantitative estimate of drug-likeness (QED) is 0.702. The summed E-state index contributed by atoms with van der Waals surface area (Å²) in [5.74, 6) is -0.431. The second-order valence-electron chi connectivity index (χ2n) is 5.25. The molecule has 20 heavy (non-hydrogen) atoms. The van der Waals surface area contributed by atoms with Crippen LogP contribution in [0.4, 0.5) is 4.39 Å². The molecule has 2 saturated heterocycles. The van der Waals surface area contributed by atoms with Crippen molar-refractivity contribution in [3.05, 3.63) is 35.6 Å². The number of nitrogens with one attached hydrogen (secondary N) is 1. The van der Waals surface area contributed by atoms with Crippen molar-refractivity contribution < 1.29 is 19.3 Å². The highest BCUT2D eigenvalue weighted by molar-refractivity contribution is 5.97. The summed E-state index contributed by atoms with van der Waals surface area (Å²) in [5.41, 5.74) is 0.840. The predicted molar refractivity (Wildman–Crippen MR) is 69.2 cm³/mol. The summed E-state index contributed by atoms with van der Waals surface area (Å²) in [5, 5.41) is 4.83. The molecule has 2 aliphatic rings. The van der Waals surface area contributed by atoms with Gasteiger partial charge in [0.15, 0.2) is 6.04 Å². The van der Waals surface area contributed by atoms with Gasteiger partial charge < -0.3 is 15.5 Å². The summed E-state index contributed by atoms with van der Waals surface area (Å²) in [7, 11) is 0. The normalized spacial score (nSPS) is 26.1. The maximum absolute atomic E-state index is 12.9. The molecule has 0 spiro atoms. The van der Waals surface area contributed by atoms with E-state index in [0.717, 1.165) is 12.1 Å². The van der Waals surface area contributed by atoms with Crippen LogP contribution in [-0.2, 0) is 16.0 Å². The molecular formula is C14H17FN3O2+. The second-order valence-corrected chi connectivity index (χ2v) is 5.25. The van der Waals surface area contributed by atoms with Crippen LogP contribution in [0.15, 0.2) is 24.3 Å². The van der Waals surface area contributed by atoms with E-state index >= 15 is 0 Å². The maximum Gasteiger partial charge on any atom is 0.249 e. The fourth-order valence-corrected chi connectivity index (χ4v) is 2.83. The monoisotopic (exact) mass is 278 g/mol. The second kappa shape index (κ2) is 5.20. The van der Waals surface area contributed by atoms with Crippen LogP contribution in [0.25, 0.3) is 0 Å². The molecule has 2 atom stereocenters. The average molecular weight is 278 g/mol. The third kappa shape index (κ3) is 2.38. The number of hydrogen-bond acceptors (Lipinski definition) is 2. The number of fused-ring (bicyclic) bond motifs is 1. The van der Waals surface area contributed by atoms with E-state index in [1.165, 1.54) is 12.1 Å². The Labute approximate surface area is 116 Å². The minimum atomic E-state index is -0.540. The van der Waals surface area contributed by atoms with Crippen molar-refractivity contribution in [2.75, 3.05) is 19.6 Å². The van der Waals surface area contributed by atoms with Gasteiger partial charge in [-0.05, 0) is 17.7 Å². The summed E-state index contributed by atoms with van der Waals surface area (Å²) in [6, 6.07) is 5.13. The molecule has 0 bridgehead atoms. The van der Waals surface area contributed by atoms with Gasteiger partial charge in [0.1, 0.15) is 18.4 Å². The Kier molecular flexibility index (Phi) is 3.40. The van der Waals surface area contributed by atoms with Gasteiger partial charge in [0.2, 0.25) is 11.8 Å². The van der Waals surface area contributed by atoms with Gasteiger partial charge in [-0.1, -0.05) is 12.1 Å². The van der Waals surface area contributed by atoms with Crippen molar-refractivity contribution in [1.29, 1.82) is 0 Å². The van der Waals surface area contributed by atoms with Crippen molar-refractivity contribution in [2.24, 2.45) is 0 Å². The number of hydrogen-bond donors (Lipinski definition) is 2. The molecule has 1 aromatic carbocycles. The van der Waals surface area contributed by atoms with Gasteiger partial charge in [-0.15, -0.1) is 0 Å². The van der Waals surface area contributed by atoms with E-state index in [0.29, 0.717) is 19.5 Å². The van der Waals surface area contributed by atoms with Gasteiger partial charge in [0, 0.05) is 6.42 Å². The first-order chi connectivity index (χ1) is 9.65. The zero-order chi connectivity index (χ0) is 14.1. The van der Waals surface area contributed by atoms with E-state index in [9.17, 15) is 14.0 Å². The molecule has 0 radical (unpaired) electrons. The van der Waals surface area contributed by atoms with E-state index in [4.69, 9.17) is 0 Å². The minimum absolute atomic E-state index is 0.0352. The van der Waals surface area contributed by atoms with E-state index < -0.39 is 6.04 Å². The van der Waals surface area contributed by atoms with E-state index in [1.54, 1.807) is 17.0 Å². The highest BCUT2D eigenvalue weighted by atomic mass is 19.1. The lowest BCUT2D eigenvalue weighted by Gasteiger charge is -2.40. The van der Waals surface area contributed by atoms with Crippen molar-refractivity contribution >= 4 is 11.8 Å². The van der Waals surface area contributed by atoms with Crippen LogP contribution in [0.1, 0.15) is 5.56 Å². The summed E-state index contributed by atoms with van der Waals surface area (Å²) >= 11 is 0. The van der Waals surface area contributed by atoms with Gasteiger partial charge in [0.25, 0.3) is 0 Å². The summed E-state index contributed by atoms with van der Waals surface area (Å²) in [6.07, 6.45) is 0.401. The first-order valence-corrected chi connectivity index (χ1v) is 6.82.